The molecule has 6 nitrogen and oxygen atoms in total. The molecule has 1 aliphatic carbocycles. The van der Waals surface area contributed by atoms with Gasteiger partial charge in [0, 0.05) is 19.5 Å². The molecule has 0 radical (unpaired) electrons. The summed E-state index contributed by atoms with van der Waals surface area (Å²) in [6, 6.07) is -0.566. The molecule has 0 aromatic heterocycles. The van der Waals surface area contributed by atoms with E-state index in [1.807, 2.05) is 6.92 Å². The number of methoxy groups -OCH3 is 1. The summed E-state index contributed by atoms with van der Waals surface area (Å²) in [6.07, 6.45) is 6.54. The smallest absolute Gasteiger partial charge is 0.307 e. The molecule has 1 N–H and O–H groups in total. The van der Waals surface area contributed by atoms with Gasteiger partial charge in [0.15, 0.2) is 0 Å². The van der Waals surface area contributed by atoms with Crippen LogP contribution in [0.3, 0.4) is 0 Å². The van der Waals surface area contributed by atoms with Crippen LogP contribution in [-0.2, 0) is 19.1 Å². The molecule has 6 heteroatoms. The molecule has 0 spiro atoms. The van der Waals surface area contributed by atoms with Crippen molar-refractivity contribution >= 4 is 17.8 Å². The fourth-order valence-electron chi connectivity index (χ4n) is 3.04. The van der Waals surface area contributed by atoms with Gasteiger partial charge in [0.2, 0.25) is 11.8 Å². The lowest BCUT2D eigenvalue weighted by molar-refractivity contribution is -0.142. The van der Waals surface area contributed by atoms with Crippen molar-refractivity contribution in [2.45, 2.75) is 64.8 Å². The van der Waals surface area contributed by atoms with E-state index in [0.29, 0.717) is 25.4 Å². The molecule has 1 fully saturated rings. The number of amides is 2. The van der Waals surface area contributed by atoms with Crippen molar-refractivity contribution in [3.05, 3.63) is 0 Å². The van der Waals surface area contributed by atoms with Gasteiger partial charge in [0.25, 0.3) is 0 Å². The molecule has 1 aliphatic rings. The number of rotatable bonds is 8. The van der Waals surface area contributed by atoms with Crippen LogP contribution in [0.15, 0.2) is 0 Å². The van der Waals surface area contributed by atoms with Crippen LogP contribution in [0.2, 0.25) is 0 Å². The third-order valence-electron chi connectivity index (χ3n) is 4.45. The first-order valence-electron chi connectivity index (χ1n) is 8.62. The number of hydrogen-bond acceptors (Lipinski definition) is 4. The molecule has 132 valence electrons. The molecule has 23 heavy (non-hydrogen) atoms. The van der Waals surface area contributed by atoms with Crippen molar-refractivity contribution in [1.82, 2.24) is 10.2 Å². The second-order valence-corrected chi connectivity index (χ2v) is 6.24. The Kier molecular flexibility index (Phi) is 8.66. The number of ether oxygens (including phenoxy) is 1. The number of nitrogens with zero attached hydrogens (tertiary/aromatic N) is 1. The van der Waals surface area contributed by atoms with Gasteiger partial charge in [-0.2, -0.15) is 0 Å². The minimum Gasteiger partial charge on any atom is -0.469 e. The summed E-state index contributed by atoms with van der Waals surface area (Å²) in [4.78, 5) is 37.2. The maximum Gasteiger partial charge on any atom is 0.307 e. The van der Waals surface area contributed by atoms with Gasteiger partial charge in [0.1, 0.15) is 6.04 Å². The number of hydrogen-bond donors (Lipinski definition) is 1. The molecule has 1 atom stereocenters. The third-order valence-corrected chi connectivity index (χ3v) is 4.45. The summed E-state index contributed by atoms with van der Waals surface area (Å²) in [7, 11) is 1.33. The van der Waals surface area contributed by atoms with E-state index in [-0.39, 0.29) is 24.2 Å². The van der Waals surface area contributed by atoms with Crippen LogP contribution in [0.4, 0.5) is 0 Å². The molecular weight excluding hydrogens is 296 g/mol. The quantitative estimate of drug-likeness (QED) is 0.691. The standard InChI is InChI=1S/C17H30N2O4/c1-4-19(11-10-16(21)23-3)17(22)13(2)18-15(20)12-14-8-6-5-7-9-14/h13-14H,4-12H2,1-3H3,(H,18,20). The highest BCUT2D eigenvalue weighted by Gasteiger charge is 2.23. The van der Waals surface area contributed by atoms with Gasteiger partial charge in [-0.15, -0.1) is 0 Å². The molecule has 0 aromatic carbocycles. The van der Waals surface area contributed by atoms with E-state index in [9.17, 15) is 14.4 Å². The molecule has 0 heterocycles. The average Bonchev–Trinajstić information content (AvgIpc) is 2.55. The van der Waals surface area contributed by atoms with E-state index in [2.05, 4.69) is 10.1 Å². The Morgan fingerprint density at radius 3 is 2.43 bits per heavy atom. The lowest BCUT2D eigenvalue weighted by atomic mass is 9.87. The fraction of sp³-hybridized carbons (Fsp3) is 0.824. The van der Waals surface area contributed by atoms with Crippen LogP contribution < -0.4 is 5.32 Å². The van der Waals surface area contributed by atoms with E-state index in [0.717, 1.165) is 12.8 Å². The van der Waals surface area contributed by atoms with Crippen molar-refractivity contribution in [2.24, 2.45) is 5.92 Å². The van der Waals surface area contributed by atoms with Crippen LogP contribution in [0.1, 0.15) is 58.8 Å². The molecule has 1 unspecified atom stereocenters. The average molecular weight is 326 g/mol. The zero-order valence-electron chi connectivity index (χ0n) is 14.6. The minimum atomic E-state index is -0.566. The summed E-state index contributed by atoms with van der Waals surface area (Å²) in [5, 5.41) is 2.80. The van der Waals surface area contributed by atoms with Crippen molar-refractivity contribution < 1.29 is 19.1 Å². The Morgan fingerprint density at radius 2 is 1.87 bits per heavy atom. The Hall–Kier alpha value is -1.59. The Morgan fingerprint density at radius 1 is 1.22 bits per heavy atom. The molecule has 0 aliphatic heterocycles. The first-order valence-corrected chi connectivity index (χ1v) is 8.62. The third kappa shape index (κ3) is 7.01. The van der Waals surface area contributed by atoms with Crippen LogP contribution in [-0.4, -0.2) is 48.9 Å². The number of esters is 1. The van der Waals surface area contributed by atoms with Gasteiger partial charge >= 0.3 is 5.97 Å². The van der Waals surface area contributed by atoms with Gasteiger partial charge in [0.05, 0.1) is 13.5 Å². The Labute approximate surface area is 138 Å². The maximum absolute atomic E-state index is 12.4. The lowest BCUT2D eigenvalue weighted by Gasteiger charge is -2.26. The van der Waals surface area contributed by atoms with Gasteiger partial charge in [-0.05, 0) is 32.6 Å². The summed E-state index contributed by atoms with van der Waals surface area (Å²) < 4.78 is 4.59. The molecule has 1 rings (SSSR count). The molecule has 0 bridgehead atoms. The maximum atomic E-state index is 12.4. The Balaban J connectivity index is 2.40. The van der Waals surface area contributed by atoms with Crippen molar-refractivity contribution in [2.75, 3.05) is 20.2 Å². The normalized spacial score (nSPS) is 16.5. The second-order valence-electron chi connectivity index (χ2n) is 6.24. The van der Waals surface area contributed by atoms with Crippen molar-refractivity contribution in [3.8, 4) is 0 Å². The highest BCUT2D eigenvalue weighted by molar-refractivity contribution is 5.87. The van der Waals surface area contributed by atoms with Gasteiger partial charge < -0.3 is 15.0 Å². The predicted octanol–water partition coefficient (Wildman–Crippen LogP) is 1.87. The minimum absolute atomic E-state index is 0.0539. The summed E-state index contributed by atoms with van der Waals surface area (Å²) in [6.45, 7) is 4.36. The zero-order chi connectivity index (χ0) is 17.2. The van der Waals surface area contributed by atoms with Crippen molar-refractivity contribution in [1.29, 1.82) is 0 Å². The highest BCUT2D eigenvalue weighted by atomic mass is 16.5. The molecule has 1 saturated carbocycles. The molecule has 0 saturated heterocycles. The van der Waals surface area contributed by atoms with Crippen LogP contribution >= 0.6 is 0 Å². The van der Waals surface area contributed by atoms with Crippen LogP contribution in [0, 0.1) is 5.92 Å². The van der Waals surface area contributed by atoms with E-state index in [4.69, 9.17) is 0 Å². The number of carbonyl (C=O) groups is 3. The first kappa shape index (κ1) is 19.5. The Bertz CT molecular complexity index is 405. The molecule has 2 amide bonds. The van der Waals surface area contributed by atoms with Gasteiger partial charge in [-0.25, -0.2) is 0 Å². The summed E-state index contributed by atoms with van der Waals surface area (Å²) in [5.41, 5.74) is 0. The van der Waals surface area contributed by atoms with E-state index < -0.39 is 6.04 Å². The first-order chi connectivity index (χ1) is 11.0. The topological polar surface area (TPSA) is 75.7 Å². The van der Waals surface area contributed by atoms with E-state index >= 15 is 0 Å². The second kappa shape index (κ2) is 10.2. The predicted molar refractivity (Wildman–Crippen MR) is 87.7 cm³/mol. The SMILES string of the molecule is CCN(CCC(=O)OC)C(=O)C(C)NC(=O)CC1CCCCC1. The number of nitrogens with one attached hydrogen (secondary N) is 1. The van der Waals surface area contributed by atoms with Crippen molar-refractivity contribution in [3.63, 3.8) is 0 Å². The summed E-state index contributed by atoms with van der Waals surface area (Å²) in [5.74, 6) is -0.104. The van der Waals surface area contributed by atoms with Gasteiger partial charge in [-0.3, -0.25) is 14.4 Å². The molecular formula is C17H30N2O4. The number of likely N-dealkylation sites (N-methyl/N-ethyl adjacent to an activating group) is 1. The van der Waals surface area contributed by atoms with E-state index in [1.54, 1.807) is 11.8 Å². The monoisotopic (exact) mass is 326 g/mol. The van der Waals surface area contributed by atoms with Crippen LogP contribution in [0.25, 0.3) is 0 Å². The number of carbonyl (C=O) groups excluding carboxylic acids is 3. The lowest BCUT2D eigenvalue weighted by Crippen LogP contribution is -2.47. The fourth-order valence-corrected chi connectivity index (χ4v) is 3.04. The van der Waals surface area contributed by atoms with Gasteiger partial charge in [-0.1, -0.05) is 19.3 Å². The highest BCUT2D eigenvalue weighted by Crippen LogP contribution is 2.26. The summed E-state index contributed by atoms with van der Waals surface area (Å²) >= 11 is 0. The zero-order valence-corrected chi connectivity index (χ0v) is 14.6. The largest absolute Gasteiger partial charge is 0.469 e. The van der Waals surface area contributed by atoms with E-state index in [1.165, 1.54) is 26.4 Å². The van der Waals surface area contributed by atoms with Crippen LogP contribution in [0.5, 0.6) is 0 Å². The molecule has 0 aromatic rings.